The van der Waals surface area contributed by atoms with Gasteiger partial charge in [0.1, 0.15) is 5.75 Å². The van der Waals surface area contributed by atoms with Gasteiger partial charge in [0.15, 0.2) is 0 Å². The van der Waals surface area contributed by atoms with Crippen LogP contribution in [0, 0.1) is 17.0 Å². The lowest BCUT2D eigenvalue weighted by Gasteiger charge is -2.08. The second-order valence-corrected chi connectivity index (χ2v) is 5.66. The molecule has 0 aliphatic rings. The van der Waals surface area contributed by atoms with Crippen LogP contribution < -0.4 is 10.7 Å². The molecule has 0 aliphatic heterocycles. The zero-order valence-electron chi connectivity index (χ0n) is 14.5. The Hall–Kier alpha value is -3.75. The van der Waals surface area contributed by atoms with E-state index in [0.29, 0.717) is 16.8 Å². The summed E-state index contributed by atoms with van der Waals surface area (Å²) in [6, 6.07) is 10.6. The van der Waals surface area contributed by atoms with E-state index in [1.807, 2.05) is 0 Å². The number of amides is 2. The number of aryl methyl sites for hydroxylation is 1. The lowest BCUT2D eigenvalue weighted by molar-refractivity contribution is -0.384. The summed E-state index contributed by atoms with van der Waals surface area (Å²) in [5.41, 5.74) is 3.66. The van der Waals surface area contributed by atoms with Crippen LogP contribution in [0.3, 0.4) is 0 Å². The molecule has 0 radical (unpaired) electrons. The van der Waals surface area contributed by atoms with E-state index in [-0.39, 0.29) is 24.3 Å². The smallest absolute Gasteiger partial charge is 0.269 e. The van der Waals surface area contributed by atoms with Crippen molar-refractivity contribution in [2.75, 3.05) is 5.32 Å². The first-order valence-corrected chi connectivity index (χ1v) is 8.01. The Morgan fingerprint density at radius 3 is 2.56 bits per heavy atom. The molecule has 0 spiro atoms. The van der Waals surface area contributed by atoms with Crippen molar-refractivity contribution in [3.63, 3.8) is 0 Å². The van der Waals surface area contributed by atoms with Crippen molar-refractivity contribution >= 4 is 29.4 Å². The third kappa shape index (κ3) is 5.92. The van der Waals surface area contributed by atoms with Crippen LogP contribution in [-0.4, -0.2) is 28.1 Å². The monoisotopic (exact) mass is 370 g/mol. The Labute approximate surface area is 154 Å². The Kier molecular flexibility index (Phi) is 6.59. The molecule has 0 bridgehead atoms. The maximum absolute atomic E-state index is 11.9. The summed E-state index contributed by atoms with van der Waals surface area (Å²) in [5, 5.41) is 26.6. The predicted molar refractivity (Wildman–Crippen MR) is 99.5 cm³/mol. The number of aromatic hydroxyl groups is 1. The molecule has 2 aromatic rings. The van der Waals surface area contributed by atoms with Crippen LogP contribution in [0.4, 0.5) is 11.4 Å². The van der Waals surface area contributed by atoms with Gasteiger partial charge in [-0.25, -0.2) is 5.43 Å². The first-order chi connectivity index (χ1) is 12.9. The van der Waals surface area contributed by atoms with Gasteiger partial charge in [-0.2, -0.15) is 5.10 Å². The van der Waals surface area contributed by atoms with Crippen LogP contribution in [0.25, 0.3) is 0 Å². The molecule has 0 saturated carbocycles. The van der Waals surface area contributed by atoms with Gasteiger partial charge in [0.2, 0.25) is 11.8 Å². The lowest BCUT2D eigenvalue weighted by Crippen LogP contribution is -2.20. The quantitative estimate of drug-likeness (QED) is 0.391. The van der Waals surface area contributed by atoms with Crippen LogP contribution in [0.2, 0.25) is 0 Å². The molecule has 0 unspecified atom stereocenters. The Balaban J connectivity index is 1.80. The highest BCUT2D eigenvalue weighted by Gasteiger charge is 2.11. The van der Waals surface area contributed by atoms with E-state index in [1.54, 1.807) is 25.1 Å². The molecule has 2 amide bonds. The summed E-state index contributed by atoms with van der Waals surface area (Å²) < 4.78 is 0. The Morgan fingerprint density at radius 2 is 1.89 bits per heavy atom. The van der Waals surface area contributed by atoms with Crippen molar-refractivity contribution in [1.29, 1.82) is 0 Å². The third-order valence-corrected chi connectivity index (χ3v) is 3.60. The number of non-ortho nitro benzene ring substituents is 1. The highest BCUT2D eigenvalue weighted by molar-refractivity contribution is 5.94. The Morgan fingerprint density at radius 1 is 1.19 bits per heavy atom. The molecule has 2 rings (SSSR count). The number of carbonyl (C=O) groups is 2. The molecule has 2 aromatic carbocycles. The van der Waals surface area contributed by atoms with Gasteiger partial charge in [0.25, 0.3) is 5.69 Å². The van der Waals surface area contributed by atoms with Crippen LogP contribution >= 0.6 is 0 Å². The minimum atomic E-state index is -0.515. The Bertz CT molecular complexity index is 895. The molecule has 9 heteroatoms. The fourth-order valence-corrected chi connectivity index (χ4v) is 2.17. The number of nitro benzene ring substituents is 1. The molecule has 0 fully saturated rings. The number of phenols is 1. The molecule has 0 saturated heterocycles. The first kappa shape index (κ1) is 19.6. The zero-order valence-corrected chi connectivity index (χ0v) is 14.5. The average Bonchev–Trinajstić information content (AvgIpc) is 2.63. The van der Waals surface area contributed by atoms with Gasteiger partial charge in [0, 0.05) is 36.2 Å². The van der Waals surface area contributed by atoms with Crippen LogP contribution in [0.15, 0.2) is 47.6 Å². The van der Waals surface area contributed by atoms with Gasteiger partial charge >= 0.3 is 0 Å². The summed E-state index contributed by atoms with van der Waals surface area (Å²) in [7, 11) is 0. The molecule has 3 N–H and O–H groups in total. The SMILES string of the molecule is Cc1cc([N+](=O)[O-])ccc1NC(=O)CCC(=O)N/N=C\c1ccccc1O. The van der Waals surface area contributed by atoms with Gasteiger partial charge in [-0.15, -0.1) is 0 Å². The summed E-state index contributed by atoms with van der Waals surface area (Å²) in [6.07, 6.45) is 1.14. The fraction of sp³-hybridized carbons (Fsp3) is 0.167. The van der Waals surface area contributed by atoms with Gasteiger partial charge in [-0.1, -0.05) is 12.1 Å². The van der Waals surface area contributed by atoms with Crippen molar-refractivity contribution < 1.29 is 19.6 Å². The number of nitrogens with one attached hydrogen (secondary N) is 2. The number of hydrogen-bond acceptors (Lipinski definition) is 6. The van der Waals surface area contributed by atoms with E-state index in [9.17, 15) is 24.8 Å². The highest BCUT2D eigenvalue weighted by Crippen LogP contribution is 2.21. The molecule has 9 nitrogen and oxygen atoms in total. The van der Waals surface area contributed by atoms with Crippen molar-refractivity contribution in [2.45, 2.75) is 19.8 Å². The fourth-order valence-electron chi connectivity index (χ4n) is 2.17. The van der Waals surface area contributed by atoms with Crippen LogP contribution in [-0.2, 0) is 9.59 Å². The molecule has 27 heavy (non-hydrogen) atoms. The van der Waals surface area contributed by atoms with Crippen LogP contribution in [0.5, 0.6) is 5.75 Å². The summed E-state index contributed by atoms with van der Waals surface area (Å²) in [5.74, 6) is -0.822. The number of phenolic OH excluding ortho intramolecular Hbond substituents is 1. The zero-order chi connectivity index (χ0) is 19.8. The van der Waals surface area contributed by atoms with E-state index in [1.165, 1.54) is 30.5 Å². The largest absolute Gasteiger partial charge is 0.507 e. The first-order valence-electron chi connectivity index (χ1n) is 8.01. The van der Waals surface area contributed by atoms with Gasteiger partial charge in [-0.05, 0) is 30.7 Å². The molecule has 0 aliphatic carbocycles. The summed E-state index contributed by atoms with van der Waals surface area (Å²) in [4.78, 5) is 33.8. The number of anilines is 1. The highest BCUT2D eigenvalue weighted by atomic mass is 16.6. The second-order valence-electron chi connectivity index (χ2n) is 5.66. The number of hydrazone groups is 1. The standard InChI is InChI=1S/C18H18N4O5/c1-12-10-14(22(26)27)6-7-15(12)20-17(24)8-9-18(25)21-19-11-13-4-2-3-5-16(13)23/h2-7,10-11,23H,8-9H2,1H3,(H,20,24)(H,21,25)/b19-11-. The number of carbonyl (C=O) groups excluding carboxylic acids is 2. The van der Waals surface area contributed by atoms with E-state index >= 15 is 0 Å². The summed E-state index contributed by atoms with van der Waals surface area (Å²) in [6.45, 7) is 1.64. The van der Waals surface area contributed by atoms with E-state index in [0.717, 1.165) is 0 Å². The second kappa shape index (κ2) is 9.09. The molecule has 140 valence electrons. The molecular weight excluding hydrogens is 352 g/mol. The number of nitro groups is 1. The van der Waals surface area contributed by atoms with Crippen molar-refractivity contribution in [1.82, 2.24) is 5.43 Å². The number of hydrogen-bond donors (Lipinski definition) is 3. The van der Waals surface area contributed by atoms with Gasteiger partial charge < -0.3 is 10.4 Å². The summed E-state index contributed by atoms with van der Waals surface area (Å²) >= 11 is 0. The van der Waals surface area contributed by atoms with Crippen molar-refractivity contribution in [3.05, 3.63) is 63.7 Å². The number of para-hydroxylation sites is 1. The van der Waals surface area contributed by atoms with Gasteiger partial charge in [-0.3, -0.25) is 19.7 Å². The molecular formula is C18H18N4O5. The van der Waals surface area contributed by atoms with Gasteiger partial charge in [0.05, 0.1) is 11.1 Å². The van der Waals surface area contributed by atoms with E-state index < -0.39 is 16.7 Å². The van der Waals surface area contributed by atoms with E-state index in [4.69, 9.17) is 0 Å². The topological polar surface area (TPSA) is 134 Å². The predicted octanol–water partition coefficient (Wildman–Crippen LogP) is 2.48. The number of benzene rings is 2. The van der Waals surface area contributed by atoms with Crippen LogP contribution in [0.1, 0.15) is 24.0 Å². The van der Waals surface area contributed by atoms with E-state index in [2.05, 4.69) is 15.8 Å². The van der Waals surface area contributed by atoms with Crippen molar-refractivity contribution in [3.8, 4) is 5.75 Å². The maximum atomic E-state index is 11.9. The molecule has 0 heterocycles. The molecule has 0 atom stereocenters. The minimum Gasteiger partial charge on any atom is -0.507 e. The lowest BCUT2D eigenvalue weighted by atomic mass is 10.1. The normalized spacial score (nSPS) is 10.6. The van der Waals surface area contributed by atoms with Crippen molar-refractivity contribution in [2.24, 2.45) is 5.10 Å². The molecule has 0 aromatic heterocycles. The minimum absolute atomic E-state index is 0.0355. The third-order valence-electron chi connectivity index (χ3n) is 3.60. The average molecular weight is 370 g/mol. The number of nitrogens with zero attached hydrogens (tertiary/aromatic N) is 2. The maximum Gasteiger partial charge on any atom is 0.269 e. The number of rotatable bonds is 7.